The van der Waals surface area contributed by atoms with E-state index < -0.39 is 0 Å². The van der Waals surface area contributed by atoms with Crippen LogP contribution < -0.4 is 0 Å². The molecule has 0 aliphatic rings. The third-order valence-electron chi connectivity index (χ3n) is 2.55. The minimum Gasteiger partial charge on any atom is -0.354 e. The molecule has 3 rings (SSSR count). The molecule has 74 valence electrons. The van der Waals surface area contributed by atoms with Gasteiger partial charge in [-0.1, -0.05) is 35.3 Å². The van der Waals surface area contributed by atoms with E-state index in [1.54, 1.807) is 0 Å². The predicted molar refractivity (Wildman–Crippen MR) is 65.8 cm³/mol. The van der Waals surface area contributed by atoms with E-state index in [-0.39, 0.29) is 0 Å². The first-order chi connectivity index (χ1) is 7.27. The summed E-state index contributed by atoms with van der Waals surface area (Å²) in [6, 6.07) is 11.6. The van der Waals surface area contributed by atoms with Crippen molar-refractivity contribution in [3.8, 4) is 0 Å². The second-order valence-electron chi connectivity index (χ2n) is 3.45. The molecule has 0 amide bonds. The van der Waals surface area contributed by atoms with Crippen molar-refractivity contribution in [2.45, 2.75) is 0 Å². The maximum atomic E-state index is 6.17. The molecule has 0 saturated heterocycles. The smallest absolute Gasteiger partial charge is 0.0506 e. The van der Waals surface area contributed by atoms with Gasteiger partial charge >= 0.3 is 0 Å². The summed E-state index contributed by atoms with van der Waals surface area (Å²) in [5, 5.41) is 3.46. The molecule has 1 nitrogen and oxygen atoms in total. The number of H-pyrrole nitrogens is 1. The fourth-order valence-electron chi connectivity index (χ4n) is 1.91. The summed E-state index contributed by atoms with van der Waals surface area (Å²) in [5.41, 5.74) is 2.04. The lowest BCUT2D eigenvalue weighted by atomic mass is 10.1. The molecule has 0 radical (unpaired) electrons. The number of halogens is 2. The highest BCUT2D eigenvalue weighted by molar-refractivity contribution is 6.42. The van der Waals surface area contributed by atoms with E-state index in [9.17, 15) is 0 Å². The third-order valence-corrected chi connectivity index (χ3v) is 3.18. The van der Waals surface area contributed by atoms with Gasteiger partial charge in [-0.25, -0.2) is 0 Å². The van der Waals surface area contributed by atoms with Crippen molar-refractivity contribution in [2.75, 3.05) is 0 Å². The molecule has 0 aliphatic carbocycles. The average molecular weight is 236 g/mol. The zero-order valence-corrected chi connectivity index (χ0v) is 9.23. The van der Waals surface area contributed by atoms with Crippen LogP contribution in [-0.2, 0) is 0 Å². The fraction of sp³-hybridized carbons (Fsp3) is 0. The van der Waals surface area contributed by atoms with Crippen LogP contribution >= 0.6 is 23.2 Å². The standard InChI is InChI=1S/C12H7Cl2N/c13-7-3-1-5-9-11(7)12-8(14)4-2-6-10(12)15-9/h1-6,15H. The maximum absolute atomic E-state index is 6.17. The van der Waals surface area contributed by atoms with Crippen molar-refractivity contribution in [2.24, 2.45) is 0 Å². The van der Waals surface area contributed by atoms with Gasteiger partial charge in [-0.15, -0.1) is 0 Å². The van der Waals surface area contributed by atoms with Crippen molar-refractivity contribution in [1.29, 1.82) is 0 Å². The van der Waals surface area contributed by atoms with Crippen LogP contribution in [0.4, 0.5) is 0 Å². The van der Waals surface area contributed by atoms with E-state index in [0.717, 1.165) is 31.9 Å². The summed E-state index contributed by atoms with van der Waals surface area (Å²) in [7, 11) is 0. The summed E-state index contributed by atoms with van der Waals surface area (Å²) in [5.74, 6) is 0. The molecule has 3 aromatic rings. The van der Waals surface area contributed by atoms with Gasteiger partial charge in [0.15, 0.2) is 0 Å². The molecule has 3 heteroatoms. The molecule has 1 N–H and O–H groups in total. The number of hydrogen-bond acceptors (Lipinski definition) is 0. The van der Waals surface area contributed by atoms with Crippen LogP contribution in [0.1, 0.15) is 0 Å². The zero-order chi connectivity index (χ0) is 10.4. The molecule has 0 unspecified atom stereocenters. The van der Waals surface area contributed by atoms with E-state index in [1.165, 1.54) is 0 Å². The van der Waals surface area contributed by atoms with Crippen LogP contribution in [-0.4, -0.2) is 4.98 Å². The fourth-order valence-corrected chi connectivity index (χ4v) is 2.45. The lowest BCUT2D eigenvalue weighted by Crippen LogP contribution is -1.70. The largest absolute Gasteiger partial charge is 0.354 e. The van der Waals surface area contributed by atoms with Gasteiger partial charge in [-0.3, -0.25) is 0 Å². The van der Waals surface area contributed by atoms with Gasteiger partial charge in [0.2, 0.25) is 0 Å². The van der Waals surface area contributed by atoms with Crippen LogP contribution in [0.5, 0.6) is 0 Å². The summed E-state index contributed by atoms with van der Waals surface area (Å²) >= 11 is 12.3. The number of benzene rings is 2. The van der Waals surface area contributed by atoms with Crippen molar-refractivity contribution >= 4 is 45.0 Å². The quantitative estimate of drug-likeness (QED) is 0.585. The Morgan fingerprint density at radius 3 is 1.67 bits per heavy atom. The average Bonchev–Trinajstić information content (AvgIpc) is 2.58. The van der Waals surface area contributed by atoms with Gasteiger partial charge in [-0.2, -0.15) is 0 Å². The van der Waals surface area contributed by atoms with E-state index >= 15 is 0 Å². The number of fused-ring (bicyclic) bond motifs is 3. The van der Waals surface area contributed by atoms with Crippen molar-refractivity contribution < 1.29 is 0 Å². The van der Waals surface area contributed by atoms with Crippen LogP contribution in [0.15, 0.2) is 36.4 Å². The van der Waals surface area contributed by atoms with Crippen LogP contribution in [0, 0.1) is 0 Å². The Morgan fingerprint density at radius 1 is 0.733 bits per heavy atom. The Morgan fingerprint density at radius 2 is 1.20 bits per heavy atom. The summed E-state index contributed by atoms with van der Waals surface area (Å²) in [4.78, 5) is 3.29. The van der Waals surface area contributed by atoms with Gasteiger partial charge < -0.3 is 4.98 Å². The number of rotatable bonds is 0. The van der Waals surface area contributed by atoms with Gasteiger partial charge in [0.05, 0.1) is 10.0 Å². The molecule has 0 bridgehead atoms. The van der Waals surface area contributed by atoms with Crippen LogP contribution in [0.25, 0.3) is 21.8 Å². The Bertz CT molecular complexity index is 599. The summed E-state index contributed by atoms with van der Waals surface area (Å²) in [6.07, 6.45) is 0. The molecule has 15 heavy (non-hydrogen) atoms. The molecule has 2 aromatic carbocycles. The maximum Gasteiger partial charge on any atom is 0.0506 e. The molecular weight excluding hydrogens is 229 g/mol. The van der Waals surface area contributed by atoms with Crippen LogP contribution in [0.3, 0.4) is 0 Å². The SMILES string of the molecule is Clc1cccc2[nH]c3cccc(Cl)c3c12. The molecule has 1 heterocycles. The van der Waals surface area contributed by atoms with Crippen LogP contribution in [0.2, 0.25) is 10.0 Å². The Labute approximate surface area is 96.6 Å². The monoisotopic (exact) mass is 235 g/mol. The molecular formula is C12H7Cl2N. The first-order valence-electron chi connectivity index (χ1n) is 4.62. The highest BCUT2D eigenvalue weighted by Gasteiger charge is 2.09. The zero-order valence-electron chi connectivity index (χ0n) is 7.72. The van der Waals surface area contributed by atoms with Crippen molar-refractivity contribution in [3.05, 3.63) is 46.4 Å². The second kappa shape index (κ2) is 3.16. The normalized spacial score (nSPS) is 11.3. The summed E-state index contributed by atoms with van der Waals surface area (Å²) < 4.78 is 0. The van der Waals surface area contributed by atoms with Gasteiger partial charge in [-0.05, 0) is 24.3 Å². The number of aromatic amines is 1. The summed E-state index contributed by atoms with van der Waals surface area (Å²) in [6.45, 7) is 0. The Hall–Kier alpha value is -1.18. The molecule has 0 atom stereocenters. The van der Waals surface area contributed by atoms with Gasteiger partial charge in [0.25, 0.3) is 0 Å². The minimum absolute atomic E-state index is 0.729. The third kappa shape index (κ3) is 1.24. The van der Waals surface area contributed by atoms with Gasteiger partial charge in [0.1, 0.15) is 0 Å². The molecule has 1 aromatic heterocycles. The minimum atomic E-state index is 0.729. The molecule has 0 saturated carbocycles. The highest BCUT2D eigenvalue weighted by atomic mass is 35.5. The lowest BCUT2D eigenvalue weighted by molar-refractivity contribution is 1.55. The first kappa shape index (κ1) is 9.08. The molecule has 0 spiro atoms. The Balaban J connectivity index is 2.67. The van der Waals surface area contributed by atoms with E-state index in [2.05, 4.69) is 4.98 Å². The molecule has 0 aliphatic heterocycles. The van der Waals surface area contributed by atoms with Gasteiger partial charge in [0, 0.05) is 21.8 Å². The Kier molecular flexibility index (Phi) is 1.91. The topological polar surface area (TPSA) is 15.8 Å². The first-order valence-corrected chi connectivity index (χ1v) is 5.37. The number of nitrogens with one attached hydrogen (secondary N) is 1. The van der Waals surface area contributed by atoms with E-state index in [0.29, 0.717) is 0 Å². The number of aromatic nitrogens is 1. The predicted octanol–water partition coefficient (Wildman–Crippen LogP) is 4.63. The van der Waals surface area contributed by atoms with E-state index in [4.69, 9.17) is 23.2 Å². The second-order valence-corrected chi connectivity index (χ2v) is 4.26. The van der Waals surface area contributed by atoms with E-state index in [1.807, 2.05) is 36.4 Å². The highest BCUT2D eigenvalue weighted by Crippen LogP contribution is 2.35. The van der Waals surface area contributed by atoms with Crippen molar-refractivity contribution in [1.82, 2.24) is 4.98 Å². The number of hydrogen-bond donors (Lipinski definition) is 1. The van der Waals surface area contributed by atoms with Crippen molar-refractivity contribution in [3.63, 3.8) is 0 Å². The lowest BCUT2D eigenvalue weighted by Gasteiger charge is -1.96. The molecule has 0 fully saturated rings.